The first kappa shape index (κ1) is 15.0. The number of nitrogens with two attached hydrogens (primary N) is 1. The van der Waals surface area contributed by atoms with E-state index in [0.29, 0.717) is 0 Å². The Labute approximate surface area is 127 Å². The Hall–Kier alpha value is -1.43. The molecule has 7 heteroatoms. The lowest BCUT2D eigenvalue weighted by Gasteiger charge is -2.10. The molecule has 0 unspecified atom stereocenters. The Morgan fingerprint density at radius 2 is 1.70 bits per heavy atom. The van der Waals surface area contributed by atoms with E-state index in [0.717, 1.165) is 5.56 Å². The van der Waals surface area contributed by atoms with Gasteiger partial charge in [-0.3, -0.25) is 4.72 Å². The quantitative estimate of drug-likeness (QED) is 0.843. The standard InChI is InChI=1S/C13H12Cl2N2O2S/c1-8-3-2-4-10(5-8)20(18,19)17-9-6-11(14)13(16)12(15)7-9/h2-7,17H,16H2,1H3. The lowest BCUT2D eigenvalue weighted by atomic mass is 10.2. The molecule has 106 valence electrons. The lowest BCUT2D eigenvalue weighted by Crippen LogP contribution is -2.13. The van der Waals surface area contributed by atoms with Crippen LogP contribution in [0, 0.1) is 6.92 Å². The van der Waals surface area contributed by atoms with Crippen molar-refractivity contribution in [3.8, 4) is 0 Å². The van der Waals surface area contributed by atoms with Crippen molar-refractivity contribution < 1.29 is 8.42 Å². The molecule has 20 heavy (non-hydrogen) atoms. The van der Waals surface area contributed by atoms with Crippen molar-refractivity contribution in [2.45, 2.75) is 11.8 Å². The number of hydrogen-bond acceptors (Lipinski definition) is 3. The molecule has 0 saturated heterocycles. The van der Waals surface area contributed by atoms with Crippen LogP contribution in [0.2, 0.25) is 10.0 Å². The molecule has 0 aliphatic rings. The molecule has 0 heterocycles. The summed E-state index contributed by atoms with van der Waals surface area (Å²) in [5.74, 6) is 0. The number of rotatable bonds is 3. The van der Waals surface area contributed by atoms with E-state index in [1.54, 1.807) is 12.1 Å². The number of hydrogen-bond donors (Lipinski definition) is 2. The lowest BCUT2D eigenvalue weighted by molar-refractivity contribution is 0.601. The SMILES string of the molecule is Cc1cccc(S(=O)(=O)Nc2cc(Cl)c(N)c(Cl)c2)c1. The molecule has 0 amide bonds. The number of sulfonamides is 1. The van der Waals surface area contributed by atoms with E-state index < -0.39 is 10.0 Å². The van der Waals surface area contributed by atoms with Gasteiger partial charge in [0.25, 0.3) is 10.0 Å². The Morgan fingerprint density at radius 1 is 1.10 bits per heavy atom. The predicted molar refractivity (Wildman–Crippen MR) is 82.9 cm³/mol. The summed E-state index contributed by atoms with van der Waals surface area (Å²) in [6.07, 6.45) is 0. The fourth-order valence-corrected chi connectivity index (χ4v) is 3.27. The van der Waals surface area contributed by atoms with Gasteiger partial charge in [0.2, 0.25) is 0 Å². The smallest absolute Gasteiger partial charge is 0.261 e. The van der Waals surface area contributed by atoms with Crippen molar-refractivity contribution in [1.82, 2.24) is 0 Å². The highest BCUT2D eigenvalue weighted by Crippen LogP contribution is 2.32. The first-order valence-corrected chi connectivity index (χ1v) is 7.87. The third kappa shape index (κ3) is 3.17. The van der Waals surface area contributed by atoms with Crippen molar-refractivity contribution in [3.63, 3.8) is 0 Å². The van der Waals surface area contributed by atoms with Crippen LogP contribution in [0.15, 0.2) is 41.3 Å². The van der Waals surface area contributed by atoms with Gasteiger partial charge in [-0.2, -0.15) is 0 Å². The summed E-state index contributed by atoms with van der Waals surface area (Å²) in [6, 6.07) is 9.40. The molecular weight excluding hydrogens is 319 g/mol. The fourth-order valence-electron chi connectivity index (χ4n) is 1.64. The van der Waals surface area contributed by atoms with E-state index in [4.69, 9.17) is 28.9 Å². The average Bonchev–Trinajstić information content (AvgIpc) is 2.35. The number of nitrogens with one attached hydrogen (secondary N) is 1. The summed E-state index contributed by atoms with van der Waals surface area (Å²) in [5, 5.41) is 0.388. The molecule has 3 N–H and O–H groups in total. The Bertz CT molecular complexity index is 738. The first-order valence-electron chi connectivity index (χ1n) is 5.63. The van der Waals surface area contributed by atoms with Crippen molar-refractivity contribution in [2.75, 3.05) is 10.5 Å². The van der Waals surface area contributed by atoms with Gasteiger partial charge in [0, 0.05) is 0 Å². The van der Waals surface area contributed by atoms with E-state index in [1.165, 1.54) is 18.2 Å². The molecule has 0 atom stereocenters. The van der Waals surface area contributed by atoms with Gasteiger partial charge in [-0.05, 0) is 36.8 Å². The molecule has 0 aromatic heterocycles. The van der Waals surface area contributed by atoms with Gasteiger partial charge in [0.15, 0.2) is 0 Å². The second-order valence-electron chi connectivity index (χ2n) is 4.28. The molecule has 0 spiro atoms. The summed E-state index contributed by atoms with van der Waals surface area (Å²) in [5.41, 5.74) is 6.93. The summed E-state index contributed by atoms with van der Waals surface area (Å²) in [6.45, 7) is 1.82. The summed E-state index contributed by atoms with van der Waals surface area (Å²) in [4.78, 5) is 0.168. The van der Waals surface area contributed by atoms with Gasteiger partial charge in [-0.25, -0.2) is 8.42 Å². The van der Waals surface area contributed by atoms with Crippen LogP contribution in [0.3, 0.4) is 0 Å². The van der Waals surface area contributed by atoms with Crippen LogP contribution in [0.4, 0.5) is 11.4 Å². The fraction of sp³-hybridized carbons (Fsp3) is 0.0769. The van der Waals surface area contributed by atoms with E-state index in [9.17, 15) is 8.42 Å². The van der Waals surface area contributed by atoms with Gasteiger partial charge >= 0.3 is 0 Å². The number of aryl methyl sites for hydroxylation is 1. The minimum Gasteiger partial charge on any atom is -0.396 e. The van der Waals surface area contributed by atoms with Crippen LogP contribution < -0.4 is 10.5 Å². The van der Waals surface area contributed by atoms with Gasteiger partial charge < -0.3 is 5.73 Å². The van der Waals surface area contributed by atoms with Gasteiger partial charge in [0.05, 0.1) is 26.3 Å². The van der Waals surface area contributed by atoms with Crippen LogP contribution in [-0.2, 0) is 10.0 Å². The minimum absolute atomic E-state index is 0.168. The van der Waals surface area contributed by atoms with Gasteiger partial charge in [-0.1, -0.05) is 35.3 Å². The highest BCUT2D eigenvalue weighted by molar-refractivity contribution is 7.92. The van der Waals surface area contributed by atoms with Crippen molar-refractivity contribution in [2.24, 2.45) is 0 Å². The number of nitrogen functional groups attached to an aromatic ring is 1. The normalized spacial score (nSPS) is 11.3. The van der Waals surface area contributed by atoms with E-state index >= 15 is 0 Å². The summed E-state index contributed by atoms with van der Waals surface area (Å²) >= 11 is 11.7. The van der Waals surface area contributed by atoms with Crippen molar-refractivity contribution >= 4 is 44.6 Å². The Balaban J connectivity index is 2.38. The number of halogens is 2. The third-order valence-corrected chi connectivity index (χ3v) is 4.64. The second-order valence-corrected chi connectivity index (χ2v) is 6.77. The van der Waals surface area contributed by atoms with Crippen molar-refractivity contribution in [1.29, 1.82) is 0 Å². The van der Waals surface area contributed by atoms with Crippen LogP contribution in [0.25, 0.3) is 0 Å². The van der Waals surface area contributed by atoms with Crippen LogP contribution >= 0.6 is 23.2 Å². The maximum atomic E-state index is 12.2. The topological polar surface area (TPSA) is 72.2 Å². The van der Waals surface area contributed by atoms with E-state index in [2.05, 4.69) is 4.72 Å². The van der Waals surface area contributed by atoms with E-state index in [1.807, 2.05) is 13.0 Å². The molecule has 0 aliphatic carbocycles. The molecule has 0 saturated carbocycles. The highest BCUT2D eigenvalue weighted by atomic mass is 35.5. The van der Waals surface area contributed by atoms with Gasteiger partial charge in [-0.15, -0.1) is 0 Å². The largest absolute Gasteiger partial charge is 0.396 e. The minimum atomic E-state index is -3.69. The molecule has 0 bridgehead atoms. The maximum Gasteiger partial charge on any atom is 0.261 e. The summed E-state index contributed by atoms with van der Waals surface area (Å²) in [7, 11) is -3.69. The molecular formula is C13H12Cl2N2O2S. The predicted octanol–water partition coefficient (Wildman–Crippen LogP) is 3.68. The molecule has 2 rings (SSSR count). The first-order chi connectivity index (χ1) is 9.29. The zero-order chi connectivity index (χ0) is 14.9. The van der Waals surface area contributed by atoms with Crippen LogP contribution in [0.1, 0.15) is 5.56 Å². The molecule has 2 aromatic carbocycles. The molecule has 4 nitrogen and oxygen atoms in total. The molecule has 2 aromatic rings. The van der Waals surface area contributed by atoms with Crippen molar-refractivity contribution in [3.05, 3.63) is 52.0 Å². The van der Waals surface area contributed by atoms with E-state index in [-0.39, 0.29) is 26.3 Å². The Kier molecular flexibility index (Phi) is 4.13. The van der Waals surface area contributed by atoms with Crippen LogP contribution in [-0.4, -0.2) is 8.42 Å². The zero-order valence-corrected chi connectivity index (χ0v) is 12.9. The average molecular weight is 331 g/mol. The highest BCUT2D eigenvalue weighted by Gasteiger charge is 2.15. The maximum absolute atomic E-state index is 12.2. The third-order valence-electron chi connectivity index (χ3n) is 2.63. The summed E-state index contributed by atoms with van der Waals surface area (Å²) < 4.78 is 26.9. The second kappa shape index (κ2) is 5.52. The Morgan fingerprint density at radius 3 is 2.25 bits per heavy atom. The monoisotopic (exact) mass is 330 g/mol. The number of benzene rings is 2. The molecule has 0 fully saturated rings. The molecule has 0 radical (unpaired) electrons. The number of anilines is 2. The zero-order valence-electron chi connectivity index (χ0n) is 10.5. The molecule has 0 aliphatic heterocycles. The van der Waals surface area contributed by atoms with Gasteiger partial charge in [0.1, 0.15) is 0 Å². The van der Waals surface area contributed by atoms with Crippen LogP contribution in [0.5, 0.6) is 0 Å².